The lowest BCUT2D eigenvalue weighted by molar-refractivity contribution is -0.124. The molecule has 0 saturated heterocycles. The third kappa shape index (κ3) is 5.13. The molecule has 0 aliphatic rings. The molecular formula is C20H23NO6. The van der Waals surface area contributed by atoms with Crippen molar-refractivity contribution in [2.24, 2.45) is 0 Å². The van der Waals surface area contributed by atoms with Crippen LogP contribution in [-0.2, 0) is 9.53 Å². The van der Waals surface area contributed by atoms with Crippen LogP contribution in [0, 0.1) is 0 Å². The highest BCUT2D eigenvalue weighted by molar-refractivity contribution is 5.95. The third-order valence-corrected chi connectivity index (χ3v) is 3.94. The Morgan fingerprint density at radius 1 is 0.926 bits per heavy atom. The lowest BCUT2D eigenvalue weighted by Crippen LogP contribution is -2.31. The molecule has 7 heteroatoms. The van der Waals surface area contributed by atoms with E-state index in [0.717, 1.165) is 5.56 Å². The minimum Gasteiger partial charge on any atom is -0.496 e. The van der Waals surface area contributed by atoms with E-state index in [9.17, 15) is 9.59 Å². The first-order valence-electron chi connectivity index (χ1n) is 8.31. The van der Waals surface area contributed by atoms with Gasteiger partial charge in [-0.05, 0) is 12.5 Å². The highest BCUT2D eigenvalue weighted by Gasteiger charge is 2.20. The fourth-order valence-electron chi connectivity index (χ4n) is 2.51. The van der Waals surface area contributed by atoms with Crippen LogP contribution in [0.3, 0.4) is 0 Å². The van der Waals surface area contributed by atoms with Gasteiger partial charge in [0, 0.05) is 12.1 Å². The Morgan fingerprint density at radius 3 is 2.11 bits per heavy atom. The van der Waals surface area contributed by atoms with Gasteiger partial charge in [-0.3, -0.25) is 4.79 Å². The van der Waals surface area contributed by atoms with Gasteiger partial charge < -0.3 is 24.3 Å². The van der Waals surface area contributed by atoms with Crippen LogP contribution in [0.1, 0.15) is 28.9 Å². The number of esters is 1. The van der Waals surface area contributed by atoms with Crippen LogP contribution in [0.25, 0.3) is 0 Å². The van der Waals surface area contributed by atoms with E-state index in [-0.39, 0.29) is 17.4 Å². The summed E-state index contributed by atoms with van der Waals surface area (Å²) in [6.07, 6.45) is 0. The molecule has 144 valence electrons. The summed E-state index contributed by atoms with van der Waals surface area (Å²) in [5, 5.41) is 2.78. The van der Waals surface area contributed by atoms with E-state index in [1.54, 1.807) is 0 Å². The molecule has 1 N–H and O–H groups in total. The van der Waals surface area contributed by atoms with E-state index in [0.29, 0.717) is 11.5 Å². The molecule has 0 radical (unpaired) electrons. The number of hydrogen-bond donors (Lipinski definition) is 1. The molecule has 0 bridgehead atoms. The summed E-state index contributed by atoms with van der Waals surface area (Å²) in [5.41, 5.74) is 1.10. The summed E-state index contributed by atoms with van der Waals surface area (Å²) in [5.74, 6) is -0.0714. The minimum atomic E-state index is -0.699. The van der Waals surface area contributed by atoms with E-state index >= 15 is 0 Å². The first-order chi connectivity index (χ1) is 13.0. The summed E-state index contributed by atoms with van der Waals surface area (Å²) in [6, 6.07) is 12.3. The van der Waals surface area contributed by atoms with Crippen LogP contribution in [0.15, 0.2) is 42.5 Å². The number of nitrogens with one attached hydrogen (secondary N) is 1. The maximum absolute atomic E-state index is 12.4. The van der Waals surface area contributed by atoms with Crippen LogP contribution >= 0.6 is 0 Å². The lowest BCUT2D eigenvalue weighted by Gasteiger charge is -2.15. The maximum atomic E-state index is 12.4. The number of rotatable bonds is 8. The summed E-state index contributed by atoms with van der Waals surface area (Å²) < 4.78 is 20.7. The van der Waals surface area contributed by atoms with Crippen molar-refractivity contribution >= 4 is 11.9 Å². The fraction of sp³-hybridized carbons (Fsp3) is 0.300. The van der Waals surface area contributed by atoms with Gasteiger partial charge >= 0.3 is 5.97 Å². The predicted molar refractivity (Wildman–Crippen MR) is 99.4 cm³/mol. The van der Waals surface area contributed by atoms with Crippen LogP contribution in [0.2, 0.25) is 0 Å². The van der Waals surface area contributed by atoms with Gasteiger partial charge in [-0.2, -0.15) is 0 Å². The smallest absolute Gasteiger partial charge is 0.342 e. The Bertz CT molecular complexity index is 791. The Kier molecular flexibility index (Phi) is 7.05. The van der Waals surface area contributed by atoms with E-state index in [1.165, 1.54) is 33.5 Å². The number of hydrogen-bond acceptors (Lipinski definition) is 6. The number of carbonyl (C=O) groups excluding carboxylic acids is 2. The number of ether oxygens (including phenoxy) is 4. The first kappa shape index (κ1) is 20.1. The predicted octanol–water partition coefficient (Wildman–Crippen LogP) is 2.75. The molecule has 0 unspecified atom stereocenters. The van der Waals surface area contributed by atoms with Crippen LogP contribution in [-0.4, -0.2) is 39.8 Å². The van der Waals surface area contributed by atoms with Crippen molar-refractivity contribution in [2.45, 2.75) is 13.0 Å². The quantitative estimate of drug-likeness (QED) is 0.717. The Balaban J connectivity index is 2.01. The van der Waals surface area contributed by atoms with Gasteiger partial charge in [0.15, 0.2) is 18.1 Å². The zero-order valence-corrected chi connectivity index (χ0v) is 15.8. The summed E-state index contributed by atoms with van der Waals surface area (Å²) in [7, 11) is 4.36. The molecule has 0 heterocycles. The number of carbonyl (C=O) groups is 2. The van der Waals surface area contributed by atoms with E-state index in [4.69, 9.17) is 18.9 Å². The van der Waals surface area contributed by atoms with Crippen molar-refractivity contribution in [1.29, 1.82) is 0 Å². The van der Waals surface area contributed by atoms with Crippen molar-refractivity contribution < 1.29 is 28.5 Å². The highest BCUT2D eigenvalue weighted by Crippen LogP contribution is 2.34. The zero-order valence-electron chi connectivity index (χ0n) is 15.8. The van der Waals surface area contributed by atoms with Gasteiger partial charge in [-0.1, -0.05) is 30.3 Å². The average molecular weight is 373 g/mol. The fourth-order valence-corrected chi connectivity index (χ4v) is 2.51. The molecule has 2 rings (SSSR count). The number of benzene rings is 2. The monoisotopic (exact) mass is 373 g/mol. The molecule has 0 fully saturated rings. The van der Waals surface area contributed by atoms with Crippen molar-refractivity contribution in [1.82, 2.24) is 5.32 Å². The van der Waals surface area contributed by atoms with E-state index in [2.05, 4.69) is 5.32 Å². The molecule has 0 saturated carbocycles. The molecule has 0 aliphatic carbocycles. The van der Waals surface area contributed by atoms with Crippen LogP contribution < -0.4 is 19.5 Å². The zero-order chi connectivity index (χ0) is 19.8. The maximum Gasteiger partial charge on any atom is 0.342 e. The average Bonchev–Trinajstić information content (AvgIpc) is 2.71. The first-order valence-corrected chi connectivity index (χ1v) is 8.31. The van der Waals surface area contributed by atoms with Crippen molar-refractivity contribution in [2.75, 3.05) is 27.9 Å². The van der Waals surface area contributed by atoms with Gasteiger partial charge in [-0.25, -0.2) is 4.79 Å². The van der Waals surface area contributed by atoms with Gasteiger partial charge in [0.2, 0.25) is 0 Å². The topological polar surface area (TPSA) is 83.1 Å². The van der Waals surface area contributed by atoms with Crippen molar-refractivity contribution in [3.05, 3.63) is 53.6 Å². The molecule has 0 aliphatic heterocycles. The Hall–Kier alpha value is -3.22. The molecular weight excluding hydrogens is 350 g/mol. The molecule has 1 atom stereocenters. The second kappa shape index (κ2) is 9.47. The third-order valence-electron chi connectivity index (χ3n) is 3.94. The second-order valence-corrected chi connectivity index (χ2v) is 5.68. The Labute approximate surface area is 158 Å². The molecule has 0 aromatic heterocycles. The largest absolute Gasteiger partial charge is 0.496 e. The standard InChI is InChI=1S/C20H23NO6/c1-13(14-8-6-5-7-9-14)21-19(22)12-27-20(23)15-10-17(25-3)18(26-4)11-16(15)24-2/h5-11,13H,12H2,1-4H3,(H,21,22)/t13-/m1/s1. The second-order valence-electron chi connectivity index (χ2n) is 5.68. The van der Waals surface area contributed by atoms with E-state index in [1.807, 2.05) is 37.3 Å². The summed E-state index contributed by atoms with van der Waals surface area (Å²) >= 11 is 0. The van der Waals surface area contributed by atoms with Crippen molar-refractivity contribution in [3.8, 4) is 17.2 Å². The highest BCUT2D eigenvalue weighted by atomic mass is 16.5. The van der Waals surface area contributed by atoms with E-state index < -0.39 is 18.5 Å². The summed E-state index contributed by atoms with van der Waals surface area (Å²) in [6.45, 7) is 1.44. The molecule has 7 nitrogen and oxygen atoms in total. The van der Waals surface area contributed by atoms with Gasteiger partial charge in [0.25, 0.3) is 5.91 Å². The molecule has 1 amide bonds. The molecule has 0 spiro atoms. The normalized spacial score (nSPS) is 11.3. The molecule has 2 aromatic rings. The number of amides is 1. The Morgan fingerprint density at radius 2 is 1.52 bits per heavy atom. The van der Waals surface area contributed by atoms with Crippen LogP contribution in [0.5, 0.6) is 17.2 Å². The molecule has 27 heavy (non-hydrogen) atoms. The van der Waals surface area contributed by atoms with Gasteiger partial charge in [-0.15, -0.1) is 0 Å². The summed E-state index contributed by atoms with van der Waals surface area (Å²) in [4.78, 5) is 24.5. The van der Waals surface area contributed by atoms with Gasteiger partial charge in [0.1, 0.15) is 11.3 Å². The number of methoxy groups -OCH3 is 3. The molecule has 2 aromatic carbocycles. The SMILES string of the molecule is COc1cc(OC)c(C(=O)OCC(=O)N[C@H](C)c2ccccc2)cc1OC. The van der Waals surface area contributed by atoms with Crippen molar-refractivity contribution in [3.63, 3.8) is 0 Å². The van der Waals surface area contributed by atoms with Gasteiger partial charge in [0.05, 0.1) is 27.4 Å². The van der Waals surface area contributed by atoms with Crippen LogP contribution in [0.4, 0.5) is 0 Å². The minimum absolute atomic E-state index is 0.138. The lowest BCUT2D eigenvalue weighted by atomic mass is 10.1.